The number of hydrogen-bond donors (Lipinski definition) is 2. The summed E-state index contributed by atoms with van der Waals surface area (Å²) in [5.74, 6) is 0.604. The molecule has 0 bridgehead atoms. The minimum Gasteiger partial charge on any atom is -0.494 e. The van der Waals surface area contributed by atoms with Gasteiger partial charge >= 0.3 is 6.03 Å². The first-order valence-electron chi connectivity index (χ1n) is 9.25. The van der Waals surface area contributed by atoms with Gasteiger partial charge in [-0.3, -0.25) is 10.1 Å². The molecule has 0 radical (unpaired) electrons. The number of carbonyl (C=O) groups is 2. The number of nitrogens with one attached hydrogen (secondary N) is 2. The second kappa shape index (κ2) is 9.52. The Morgan fingerprint density at radius 3 is 2.54 bits per heavy atom. The Morgan fingerprint density at radius 1 is 1.14 bits per heavy atom. The highest BCUT2D eigenvalue weighted by Crippen LogP contribution is 2.18. The van der Waals surface area contributed by atoms with Crippen molar-refractivity contribution >= 4 is 34.1 Å². The molecule has 0 unspecified atom stereocenters. The van der Waals surface area contributed by atoms with Gasteiger partial charge in [0.2, 0.25) is 5.91 Å². The van der Waals surface area contributed by atoms with Gasteiger partial charge in [-0.1, -0.05) is 0 Å². The Hall–Kier alpha value is -2.65. The molecule has 1 aromatic heterocycles. The number of benzene rings is 1. The van der Waals surface area contributed by atoms with Gasteiger partial charge in [0.1, 0.15) is 5.75 Å². The number of urea groups is 1. The van der Waals surface area contributed by atoms with E-state index < -0.39 is 0 Å². The highest BCUT2D eigenvalue weighted by Gasteiger charge is 2.20. The molecule has 8 nitrogen and oxygen atoms in total. The van der Waals surface area contributed by atoms with Crippen molar-refractivity contribution in [1.82, 2.24) is 14.8 Å². The molecule has 1 fully saturated rings. The van der Waals surface area contributed by atoms with E-state index in [0.29, 0.717) is 36.2 Å². The third-order valence-electron chi connectivity index (χ3n) is 4.35. The molecule has 2 N–H and O–H groups in total. The predicted octanol–water partition coefficient (Wildman–Crippen LogP) is 2.50. The van der Waals surface area contributed by atoms with Gasteiger partial charge in [0.25, 0.3) is 0 Å². The number of nitrogens with zero attached hydrogens (tertiary/aromatic N) is 3. The van der Waals surface area contributed by atoms with Crippen LogP contribution in [-0.4, -0.2) is 66.6 Å². The largest absolute Gasteiger partial charge is 0.494 e. The Kier molecular flexibility index (Phi) is 6.83. The molecule has 0 saturated carbocycles. The zero-order valence-corrected chi connectivity index (χ0v) is 16.9. The lowest BCUT2D eigenvalue weighted by Gasteiger charge is -2.32. The van der Waals surface area contributed by atoms with Gasteiger partial charge in [0.05, 0.1) is 18.7 Å². The highest BCUT2D eigenvalue weighted by molar-refractivity contribution is 7.13. The van der Waals surface area contributed by atoms with Crippen molar-refractivity contribution in [2.24, 2.45) is 0 Å². The molecule has 2 aromatic rings. The van der Waals surface area contributed by atoms with Crippen LogP contribution in [0.25, 0.3) is 0 Å². The van der Waals surface area contributed by atoms with Crippen LogP contribution in [0.4, 0.5) is 15.6 Å². The standard InChI is InChI=1S/C19H25N5O3S/c1-3-27-16-6-4-14(5-7-16)20-17(25)12-15-13-28-18(21-15)22-19(26)24-10-8-23(2)9-11-24/h4-7,13H,3,8-12H2,1-2H3,(H,20,25)(H,21,22,26). The van der Waals surface area contributed by atoms with E-state index in [0.717, 1.165) is 18.8 Å². The third kappa shape index (κ3) is 5.67. The van der Waals surface area contributed by atoms with E-state index in [-0.39, 0.29) is 18.4 Å². The second-order valence-electron chi connectivity index (χ2n) is 6.55. The fourth-order valence-corrected chi connectivity index (χ4v) is 3.50. The Labute approximate surface area is 168 Å². The molecular weight excluding hydrogens is 378 g/mol. The van der Waals surface area contributed by atoms with Crippen molar-refractivity contribution in [1.29, 1.82) is 0 Å². The number of carbonyl (C=O) groups excluding carboxylic acids is 2. The molecule has 1 aliphatic heterocycles. The van der Waals surface area contributed by atoms with Crippen molar-refractivity contribution < 1.29 is 14.3 Å². The summed E-state index contributed by atoms with van der Waals surface area (Å²) in [6.07, 6.45) is 0.147. The Balaban J connectivity index is 1.48. The molecule has 3 amide bonds. The first-order valence-corrected chi connectivity index (χ1v) is 10.1. The number of anilines is 2. The molecule has 0 spiro atoms. The van der Waals surface area contributed by atoms with Crippen molar-refractivity contribution in [2.45, 2.75) is 13.3 Å². The number of ether oxygens (including phenoxy) is 1. The maximum atomic E-state index is 12.3. The first kappa shape index (κ1) is 20.1. The van der Waals surface area contributed by atoms with E-state index in [1.807, 2.05) is 26.1 Å². The maximum absolute atomic E-state index is 12.3. The van der Waals surface area contributed by atoms with Crippen LogP contribution in [0.3, 0.4) is 0 Å². The molecule has 9 heteroatoms. The SMILES string of the molecule is CCOc1ccc(NC(=O)Cc2csc(NC(=O)N3CCN(C)CC3)n2)cc1. The maximum Gasteiger partial charge on any atom is 0.323 e. The quantitative estimate of drug-likeness (QED) is 0.774. The van der Waals surface area contributed by atoms with E-state index in [1.54, 1.807) is 22.4 Å². The Bertz CT molecular complexity index is 800. The summed E-state index contributed by atoms with van der Waals surface area (Å²) in [6.45, 7) is 5.65. The molecule has 1 aromatic carbocycles. The van der Waals surface area contributed by atoms with Gasteiger partial charge in [-0.15, -0.1) is 11.3 Å². The number of amides is 3. The van der Waals surface area contributed by atoms with E-state index in [4.69, 9.17) is 4.74 Å². The number of piperazine rings is 1. The average Bonchev–Trinajstić information content (AvgIpc) is 3.10. The summed E-state index contributed by atoms with van der Waals surface area (Å²) >= 11 is 1.32. The van der Waals surface area contributed by atoms with Gasteiger partial charge in [0, 0.05) is 37.2 Å². The lowest BCUT2D eigenvalue weighted by molar-refractivity contribution is -0.115. The number of likely N-dealkylation sites (N-methyl/N-ethyl adjacent to an activating group) is 1. The Morgan fingerprint density at radius 2 is 1.86 bits per heavy atom. The molecule has 1 aliphatic rings. The van der Waals surface area contributed by atoms with E-state index in [1.165, 1.54) is 11.3 Å². The van der Waals surface area contributed by atoms with Crippen LogP contribution >= 0.6 is 11.3 Å². The van der Waals surface area contributed by atoms with E-state index in [2.05, 4.69) is 20.5 Å². The predicted molar refractivity (Wildman–Crippen MR) is 110 cm³/mol. The minimum atomic E-state index is -0.161. The van der Waals surface area contributed by atoms with Crippen LogP contribution in [0.2, 0.25) is 0 Å². The van der Waals surface area contributed by atoms with Crippen molar-refractivity contribution in [3.63, 3.8) is 0 Å². The van der Waals surface area contributed by atoms with Gasteiger partial charge in [-0.25, -0.2) is 9.78 Å². The van der Waals surface area contributed by atoms with Gasteiger partial charge in [-0.2, -0.15) is 0 Å². The minimum absolute atomic E-state index is 0.146. The fraction of sp³-hybridized carbons (Fsp3) is 0.421. The highest BCUT2D eigenvalue weighted by atomic mass is 32.1. The van der Waals surface area contributed by atoms with E-state index >= 15 is 0 Å². The summed E-state index contributed by atoms with van der Waals surface area (Å²) in [5.41, 5.74) is 1.33. The number of hydrogen-bond acceptors (Lipinski definition) is 6. The second-order valence-corrected chi connectivity index (χ2v) is 7.40. The topological polar surface area (TPSA) is 86.8 Å². The summed E-state index contributed by atoms with van der Waals surface area (Å²) in [6, 6.07) is 7.08. The lowest BCUT2D eigenvalue weighted by atomic mass is 10.2. The molecular formula is C19H25N5O3S. The third-order valence-corrected chi connectivity index (χ3v) is 5.15. The summed E-state index contributed by atoms with van der Waals surface area (Å²) in [5, 5.41) is 7.95. The molecule has 0 aliphatic carbocycles. The van der Waals surface area contributed by atoms with Crippen LogP contribution < -0.4 is 15.4 Å². The van der Waals surface area contributed by atoms with Crippen LogP contribution in [0, 0.1) is 0 Å². The van der Waals surface area contributed by atoms with Crippen LogP contribution in [0.5, 0.6) is 5.75 Å². The fourth-order valence-electron chi connectivity index (χ4n) is 2.80. The lowest BCUT2D eigenvalue weighted by Crippen LogP contribution is -2.48. The summed E-state index contributed by atoms with van der Waals surface area (Å²) in [7, 11) is 2.04. The monoisotopic (exact) mass is 403 g/mol. The molecule has 3 rings (SSSR count). The van der Waals surface area contributed by atoms with Crippen LogP contribution in [0.1, 0.15) is 12.6 Å². The van der Waals surface area contributed by atoms with Gasteiger partial charge in [0.15, 0.2) is 5.13 Å². The number of thiazole rings is 1. The molecule has 150 valence electrons. The van der Waals surface area contributed by atoms with E-state index in [9.17, 15) is 9.59 Å². The number of rotatable bonds is 6. The molecule has 0 atom stereocenters. The zero-order chi connectivity index (χ0) is 19.9. The van der Waals surface area contributed by atoms with Gasteiger partial charge < -0.3 is 19.9 Å². The average molecular weight is 404 g/mol. The smallest absolute Gasteiger partial charge is 0.323 e. The molecule has 2 heterocycles. The zero-order valence-electron chi connectivity index (χ0n) is 16.1. The first-order chi connectivity index (χ1) is 13.5. The van der Waals surface area contributed by atoms with Crippen molar-refractivity contribution in [3.8, 4) is 5.75 Å². The number of aromatic nitrogens is 1. The van der Waals surface area contributed by atoms with Crippen LogP contribution in [-0.2, 0) is 11.2 Å². The molecule has 28 heavy (non-hydrogen) atoms. The normalized spacial score (nSPS) is 14.6. The van der Waals surface area contributed by atoms with Crippen molar-refractivity contribution in [2.75, 3.05) is 50.5 Å². The van der Waals surface area contributed by atoms with Crippen molar-refractivity contribution in [3.05, 3.63) is 35.3 Å². The molecule has 1 saturated heterocycles. The van der Waals surface area contributed by atoms with Crippen LogP contribution in [0.15, 0.2) is 29.6 Å². The summed E-state index contributed by atoms with van der Waals surface area (Å²) < 4.78 is 5.38. The summed E-state index contributed by atoms with van der Waals surface area (Å²) in [4.78, 5) is 32.8. The van der Waals surface area contributed by atoms with Gasteiger partial charge in [-0.05, 0) is 38.2 Å².